The average molecular weight is 395 g/mol. The van der Waals surface area contributed by atoms with Gasteiger partial charge in [-0.3, -0.25) is 4.79 Å². The third kappa shape index (κ3) is 4.08. The largest absolute Gasteiger partial charge is 0.493 e. The Hall–Kier alpha value is -1.90. The van der Waals surface area contributed by atoms with Gasteiger partial charge in [0, 0.05) is 24.4 Å². The van der Waals surface area contributed by atoms with Gasteiger partial charge in [0.05, 0.1) is 12.2 Å². The van der Waals surface area contributed by atoms with Crippen molar-refractivity contribution in [1.29, 1.82) is 0 Å². The summed E-state index contributed by atoms with van der Waals surface area (Å²) >= 11 is 1.03. The number of para-hydroxylation sites is 1. The van der Waals surface area contributed by atoms with Gasteiger partial charge in [0.25, 0.3) is 10.0 Å². The summed E-state index contributed by atoms with van der Waals surface area (Å²) in [5, 5.41) is 1.48. The summed E-state index contributed by atoms with van der Waals surface area (Å²) in [4.78, 5) is 11.2. The maximum Gasteiger partial charge on any atom is 0.252 e. The molecule has 1 aliphatic rings. The van der Waals surface area contributed by atoms with E-state index in [-0.39, 0.29) is 15.7 Å². The van der Waals surface area contributed by atoms with Crippen LogP contribution in [0.15, 0.2) is 39.9 Å². The lowest BCUT2D eigenvalue weighted by atomic mass is 10.0. The molecule has 0 bridgehead atoms. The van der Waals surface area contributed by atoms with Crippen LogP contribution in [0.2, 0.25) is 0 Å². The minimum absolute atomic E-state index is 0.133. The number of nitrogens with two attached hydrogens (primary N) is 1. The van der Waals surface area contributed by atoms with Crippen LogP contribution in [0.4, 0.5) is 0 Å². The zero-order chi connectivity index (χ0) is 18.7. The molecule has 1 aliphatic heterocycles. The summed E-state index contributed by atoms with van der Waals surface area (Å²) in [5.41, 5.74) is 6.51. The second-order valence-electron chi connectivity index (χ2n) is 6.47. The van der Waals surface area contributed by atoms with Gasteiger partial charge in [0.1, 0.15) is 9.96 Å². The molecule has 0 aliphatic carbocycles. The highest BCUT2D eigenvalue weighted by atomic mass is 32.2. The van der Waals surface area contributed by atoms with Gasteiger partial charge < -0.3 is 10.5 Å². The Morgan fingerprint density at radius 1 is 1.38 bits per heavy atom. The summed E-state index contributed by atoms with van der Waals surface area (Å²) < 4.78 is 33.2. The summed E-state index contributed by atoms with van der Waals surface area (Å²) in [7, 11) is -3.61. The van der Waals surface area contributed by atoms with E-state index < -0.39 is 15.9 Å². The Labute approximate surface area is 157 Å². The van der Waals surface area contributed by atoms with Crippen LogP contribution >= 0.6 is 11.3 Å². The van der Waals surface area contributed by atoms with Crippen molar-refractivity contribution in [2.75, 3.05) is 19.7 Å². The molecule has 26 heavy (non-hydrogen) atoms. The van der Waals surface area contributed by atoms with Gasteiger partial charge in [-0.25, -0.2) is 8.42 Å². The van der Waals surface area contributed by atoms with Crippen molar-refractivity contribution in [3.05, 3.63) is 46.8 Å². The molecular weight excluding hydrogens is 372 g/mol. The number of rotatable bonds is 6. The lowest BCUT2D eigenvalue weighted by molar-refractivity contribution is 0.100. The molecule has 1 saturated heterocycles. The first-order chi connectivity index (χ1) is 12.4. The lowest BCUT2D eigenvalue weighted by Gasteiger charge is -2.31. The number of aryl methyl sites for hydroxylation is 1. The predicted molar refractivity (Wildman–Crippen MR) is 101 cm³/mol. The number of piperidine rings is 1. The molecule has 1 aromatic heterocycles. The molecule has 2 heterocycles. The third-order valence-corrected chi connectivity index (χ3v) is 7.78. The van der Waals surface area contributed by atoms with E-state index in [1.54, 1.807) is 0 Å². The molecule has 0 spiro atoms. The van der Waals surface area contributed by atoms with Crippen LogP contribution in [0.5, 0.6) is 5.75 Å². The van der Waals surface area contributed by atoms with Crippen molar-refractivity contribution in [3.63, 3.8) is 0 Å². The number of carbonyl (C=O) groups is 1. The molecule has 0 radical (unpaired) electrons. The van der Waals surface area contributed by atoms with Gasteiger partial charge in [0.15, 0.2) is 0 Å². The highest BCUT2D eigenvalue weighted by Crippen LogP contribution is 2.28. The number of amides is 1. The second-order valence-corrected chi connectivity index (χ2v) is 9.54. The standard InChI is InChI=1S/C18H22N2O4S2/c1-13-5-2-3-7-16(13)24-11-14-6-4-8-20(10-14)26(22,23)17-9-15(12-25-17)18(19)21/h2-3,5,7,9,12,14H,4,6,8,10-11H2,1H3,(H2,19,21). The van der Waals surface area contributed by atoms with E-state index in [0.29, 0.717) is 19.7 Å². The van der Waals surface area contributed by atoms with Crippen LogP contribution in [0, 0.1) is 12.8 Å². The minimum atomic E-state index is -3.61. The van der Waals surface area contributed by atoms with Crippen molar-refractivity contribution in [1.82, 2.24) is 4.31 Å². The van der Waals surface area contributed by atoms with Crippen LogP contribution in [-0.2, 0) is 10.0 Å². The van der Waals surface area contributed by atoms with E-state index >= 15 is 0 Å². The van der Waals surface area contributed by atoms with Crippen molar-refractivity contribution < 1.29 is 17.9 Å². The molecule has 3 rings (SSSR count). The fraction of sp³-hybridized carbons (Fsp3) is 0.389. The number of carbonyl (C=O) groups excluding carboxylic acids is 1. The summed E-state index contributed by atoms with van der Waals surface area (Å²) in [5.74, 6) is 0.344. The van der Waals surface area contributed by atoms with Gasteiger partial charge >= 0.3 is 0 Å². The molecule has 1 atom stereocenters. The van der Waals surface area contributed by atoms with Gasteiger partial charge in [-0.15, -0.1) is 11.3 Å². The fourth-order valence-corrected chi connectivity index (χ4v) is 5.89. The fourth-order valence-electron chi connectivity index (χ4n) is 3.02. The van der Waals surface area contributed by atoms with Gasteiger partial charge in [0.2, 0.25) is 5.91 Å². The zero-order valence-corrected chi connectivity index (χ0v) is 16.2. The normalized spacial score (nSPS) is 18.6. The highest BCUT2D eigenvalue weighted by molar-refractivity contribution is 7.91. The van der Waals surface area contributed by atoms with E-state index in [1.165, 1.54) is 15.8 Å². The molecule has 2 aromatic rings. The molecular formula is C18H22N2O4S2. The van der Waals surface area contributed by atoms with E-state index in [9.17, 15) is 13.2 Å². The molecule has 140 valence electrons. The van der Waals surface area contributed by atoms with E-state index in [1.807, 2.05) is 31.2 Å². The molecule has 1 unspecified atom stereocenters. The van der Waals surface area contributed by atoms with Crippen LogP contribution in [0.1, 0.15) is 28.8 Å². The second kappa shape index (κ2) is 7.77. The quantitative estimate of drug-likeness (QED) is 0.815. The Bertz CT molecular complexity index is 892. The van der Waals surface area contributed by atoms with Crippen molar-refractivity contribution in [3.8, 4) is 5.75 Å². The molecule has 1 fully saturated rings. The zero-order valence-electron chi connectivity index (χ0n) is 14.6. The van der Waals surface area contributed by atoms with Crippen molar-refractivity contribution >= 4 is 27.3 Å². The number of thiophene rings is 1. The minimum Gasteiger partial charge on any atom is -0.493 e. The topological polar surface area (TPSA) is 89.7 Å². The number of benzene rings is 1. The maximum absolute atomic E-state index is 12.8. The number of sulfonamides is 1. The smallest absolute Gasteiger partial charge is 0.252 e. The summed E-state index contributed by atoms with van der Waals surface area (Å²) in [6.07, 6.45) is 1.71. The Kier molecular flexibility index (Phi) is 5.64. The van der Waals surface area contributed by atoms with Crippen molar-refractivity contribution in [2.45, 2.75) is 24.0 Å². The van der Waals surface area contributed by atoms with Gasteiger partial charge in [-0.2, -0.15) is 4.31 Å². The number of nitrogens with zero attached hydrogens (tertiary/aromatic N) is 1. The van der Waals surface area contributed by atoms with Gasteiger partial charge in [-0.1, -0.05) is 18.2 Å². The molecule has 1 aromatic carbocycles. The maximum atomic E-state index is 12.8. The highest BCUT2D eigenvalue weighted by Gasteiger charge is 2.32. The van der Waals surface area contributed by atoms with E-state index in [2.05, 4.69) is 0 Å². The molecule has 0 saturated carbocycles. The van der Waals surface area contributed by atoms with Crippen LogP contribution in [0.3, 0.4) is 0 Å². The summed E-state index contributed by atoms with van der Waals surface area (Å²) in [6.45, 7) is 3.36. The van der Waals surface area contributed by atoms with Crippen molar-refractivity contribution in [2.24, 2.45) is 11.7 Å². The number of hydrogen-bond acceptors (Lipinski definition) is 5. The van der Waals surface area contributed by atoms with Crippen LogP contribution < -0.4 is 10.5 Å². The van der Waals surface area contributed by atoms with Crippen LogP contribution in [0.25, 0.3) is 0 Å². The lowest BCUT2D eigenvalue weighted by Crippen LogP contribution is -2.41. The number of ether oxygens (including phenoxy) is 1. The molecule has 6 nitrogen and oxygen atoms in total. The van der Waals surface area contributed by atoms with E-state index in [4.69, 9.17) is 10.5 Å². The first kappa shape index (κ1) is 18.9. The Balaban J connectivity index is 1.67. The summed E-state index contributed by atoms with van der Waals surface area (Å²) in [6, 6.07) is 9.14. The molecule has 2 N–H and O–H groups in total. The SMILES string of the molecule is Cc1ccccc1OCC1CCCN(S(=O)(=O)c2cc(C(N)=O)cs2)C1. The van der Waals surface area contributed by atoms with Gasteiger partial charge in [-0.05, 0) is 37.5 Å². The molecule has 8 heteroatoms. The molecule has 1 amide bonds. The van der Waals surface area contributed by atoms with E-state index in [0.717, 1.165) is 35.5 Å². The number of hydrogen-bond donors (Lipinski definition) is 1. The first-order valence-electron chi connectivity index (χ1n) is 8.45. The Morgan fingerprint density at radius 3 is 2.85 bits per heavy atom. The number of primary amides is 1. The van der Waals surface area contributed by atoms with Crippen LogP contribution in [-0.4, -0.2) is 38.3 Å². The first-order valence-corrected chi connectivity index (χ1v) is 10.8. The third-order valence-electron chi connectivity index (χ3n) is 4.50. The predicted octanol–water partition coefficient (Wildman–Crippen LogP) is 2.64. The average Bonchev–Trinajstić information content (AvgIpc) is 3.13. The monoisotopic (exact) mass is 394 g/mol. The Morgan fingerprint density at radius 2 is 2.15 bits per heavy atom.